The predicted molar refractivity (Wildman–Crippen MR) is 75.3 cm³/mol. The number of rotatable bonds is 2. The van der Waals surface area contributed by atoms with E-state index in [9.17, 15) is 13.2 Å². The molecule has 2 aromatic carbocycles. The maximum Gasteiger partial charge on any atom is 0.418 e. The summed E-state index contributed by atoms with van der Waals surface area (Å²) in [5, 5.41) is 2.79. The number of hydrogen-bond donors (Lipinski definition) is 2. The minimum atomic E-state index is -4.48. The Morgan fingerprint density at radius 1 is 1.05 bits per heavy atom. The van der Waals surface area contributed by atoms with Crippen LogP contribution in [0.25, 0.3) is 0 Å². The number of hydrogen-bond acceptors (Lipinski definition) is 2. The molecule has 2 rings (SSSR count). The molecule has 0 spiro atoms. The lowest BCUT2D eigenvalue weighted by atomic mass is 10.1. The molecular formula is C14H12ClF3N2. The normalized spacial score (nSPS) is 11.4. The molecule has 3 N–H and O–H groups in total. The van der Waals surface area contributed by atoms with Crippen molar-refractivity contribution in [1.82, 2.24) is 0 Å². The molecule has 0 saturated carbocycles. The molecule has 0 heterocycles. The minimum Gasteiger partial charge on any atom is -0.399 e. The van der Waals surface area contributed by atoms with Crippen LogP contribution in [0, 0.1) is 6.92 Å². The maximum absolute atomic E-state index is 13.0. The number of nitrogens with two attached hydrogens (primary N) is 1. The quantitative estimate of drug-likeness (QED) is 0.767. The molecule has 0 radical (unpaired) electrons. The van der Waals surface area contributed by atoms with Crippen molar-refractivity contribution in [2.75, 3.05) is 11.1 Å². The second kappa shape index (κ2) is 5.25. The fraction of sp³-hybridized carbons (Fsp3) is 0.143. The van der Waals surface area contributed by atoms with Crippen molar-refractivity contribution < 1.29 is 13.2 Å². The molecule has 0 atom stereocenters. The largest absolute Gasteiger partial charge is 0.418 e. The summed E-state index contributed by atoms with van der Waals surface area (Å²) in [5.74, 6) is 0. The van der Waals surface area contributed by atoms with E-state index in [0.717, 1.165) is 11.6 Å². The lowest BCUT2D eigenvalue weighted by Crippen LogP contribution is -2.09. The van der Waals surface area contributed by atoms with Gasteiger partial charge in [0.2, 0.25) is 0 Å². The highest BCUT2D eigenvalue weighted by Crippen LogP contribution is 2.38. The molecule has 2 aromatic rings. The molecule has 20 heavy (non-hydrogen) atoms. The highest BCUT2D eigenvalue weighted by Gasteiger charge is 2.33. The smallest absolute Gasteiger partial charge is 0.399 e. The monoisotopic (exact) mass is 300 g/mol. The first kappa shape index (κ1) is 14.5. The van der Waals surface area contributed by atoms with Gasteiger partial charge in [0.15, 0.2) is 0 Å². The number of nitrogens with one attached hydrogen (secondary N) is 1. The number of anilines is 3. The van der Waals surface area contributed by atoms with Gasteiger partial charge in [-0.15, -0.1) is 0 Å². The van der Waals surface area contributed by atoms with Crippen LogP contribution in [0.1, 0.15) is 11.1 Å². The fourth-order valence-electron chi connectivity index (χ4n) is 1.78. The molecule has 0 bridgehead atoms. The Kier molecular flexibility index (Phi) is 3.81. The van der Waals surface area contributed by atoms with Crippen molar-refractivity contribution in [3.8, 4) is 0 Å². The van der Waals surface area contributed by atoms with Crippen LogP contribution >= 0.6 is 11.6 Å². The lowest BCUT2D eigenvalue weighted by molar-refractivity contribution is -0.136. The van der Waals surface area contributed by atoms with Crippen LogP contribution in [0.3, 0.4) is 0 Å². The van der Waals surface area contributed by atoms with Crippen LogP contribution in [-0.2, 0) is 6.18 Å². The van der Waals surface area contributed by atoms with E-state index in [4.69, 9.17) is 17.3 Å². The first-order chi connectivity index (χ1) is 9.27. The number of nitrogen functional groups attached to an aromatic ring is 1. The summed E-state index contributed by atoms with van der Waals surface area (Å²) < 4.78 is 39.0. The van der Waals surface area contributed by atoms with Crippen LogP contribution in [0.15, 0.2) is 36.4 Å². The molecular weight excluding hydrogens is 289 g/mol. The van der Waals surface area contributed by atoms with Gasteiger partial charge in [-0.3, -0.25) is 0 Å². The van der Waals surface area contributed by atoms with Crippen molar-refractivity contribution in [3.05, 3.63) is 52.5 Å². The van der Waals surface area contributed by atoms with Gasteiger partial charge in [-0.05, 0) is 42.8 Å². The van der Waals surface area contributed by atoms with E-state index in [1.165, 1.54) is 12.1 Å². The highest BCUT2D eigenvalue weighted by molar-refractivity contribution is 6.30. The van der Waals surface area contributed by atoms with Crippen molar-refractivity contribution in [3.63, 3.8) is 0 Å². The SMILES string of the molecule is Cc1ccc(N)cc1Nc1ccc(Cl)cc1C(F)(F)F. The van der Waals surface area contributed by atoms with Crippen LogP contribution < -0.4 is 11.1 Å². The number of aryl methyl sites for hydroxylation is 1. The van der Waals surface area contributed by atoms with Gasteiger partial charge in [0.05, 0.1) is 11.3 Å². The zero-order valence-electron chi connectivity index (χ0n) is 10.6. The first-order valence-electron chi connectivity index (χ1n) is 5.77. The second-order valence-electron chi connectivity index (χ2n) is 4.39. The molecule has 6 heteroatoms. The van der Waals surface area contributed by atoms with Crippen molar-refractivity contribution >= 4 is 28.7 Å². The second-order valence-corrected chi connectivity index (χ2v) is 4.82. The van der Waals surface area contributed by atoms with E-state index in [0.29, 0.717) is 11.4 Å². The summed E-state index contributed by atoms with van der Waals surface area (Å²) in [6, 6.07) is 8.61. The molecule has 0 aromatic heterocycles. The molecule has 0 unspecified atom stereocenters. The summed E-state index contributed by atoms with van der Waals surface area (Å²) in [6.45, 7) is 1.78. The molecule has 0 fully saturated rings. The molecule has 0 aliphatic heterocycles. The van der Waals surface area contributed by atoms with Crippen LogP contribution in [0.2, 0.25) is 5.02 Å². The van der Waals surface area contributed by atoms with E-state index in [1.807, 2.05) is 0 Å². The van der Waals surface area contributed by atoms with E-state index in [1.54, 1.807) is 25.1 Å². The van der Waals surface area contributed by atoms with Gasteiger partial charge in [-0.2, -0.15) is 13.2 Å². The van der Waals surface area contributed by atoms with Gasteiger partial charge >= 0.3 is 6.18 Å². The molecule has 0 aliphatic carbocycles. The summed E-state index contributed by atoms with van der Waals surface area (Å²) in [4.78, 5) is 0. The summed E-state index contributed by atoms with van der Waals surface area (Å²) in [5.41, 5.74) is 6.57. The molecule has 0 amide bonds. The summed E-state index contributed by atoms with van der Waals surface area (Å²) in [7, 11) is 0. The van der Waals surface area contributed by atoms with E-state index in [-0.39, 0.29) is 10.7 Å². The number of halogens is 4. The Labute approximate surface area is 119 Å². The zero-order valence-corrected chi connectivity index (χ0v) is 11.3. The van der Waals surface area contributed by atoms with E-state index in [2.05, 4.69) is 5.32 Å². The van der Waals surface area contributed by atoms with Crippen LogP contribution in [0.5, 0.6) is 0 Å². The third-order valence-corrected chi connectivity index (χ3v) is 3.05. The average Bonchev–Trinajstić information content (AvgIpc) is 2.34. The Bertz CT molecular complexity index is 639. The minimum absolute atomic E-state index is 0.0344. The Morgan fingerprint density at radius 3 is 2.40 bits per heavy atom. The summed E-state index contributed by atoms with van der Waals surface area (Å²) in [6.07, 6.45) is -4.48. The van der Waals surface area contributed by atoms with Crippen molar-refractivity contribution in [2.45, 2.75) is 13.1 Å². The van der Waals surface area contributed by atoms with Gasteiger partial charge in [0.25, 0.3) is 0 Å². The van der Waals surface area contributed by atoms with Gasteiger partial charge in [-0.1, -0.05) is 17.7 Å². The van der Waals surface area contributed by atoms with Gasteiger partial charge in [0.1, 0.15) is 0 Å². The average molecular weight is 301 g/mol. The Morgan fingerprint density at radius 2 is 1.75 bits per heavy atom. The molecule has 0 aliphatic rings. The molecule has 2 nitrogen and oxygen atoms in total. The Hall–Kier alpha value is -1.88. The third kappa shape index (κ3) is 3.17. The van der Waals surface area contributed by atoms with Gasteiger partial charge in [-0.25, -0.2) is 0 Å². The summed E-state index contributed by atoms with van der Waals surface area (Å²) >= 11 is 5.63. The topological polar surface area (TPSA) is 38.0 Å². The van der Waals surface area contributed by atoms with Crippen molar-refractivity contribution in [2.24, 2.45) is 0 Å². The predicted octanol–water partition coefficient (Wildman–Crippen LogP) is 4.99. The Balaban J connectivity index is 2.46. The van der Waals surface area contributed by atoms with Crippen LogP contribution in [0.4, 0.5) is 30.2 Å². The standard InChI is InChI=1S/C14H12ClF3N2/c1-8-2-4-10(19)7-13(8)20-12-5-3-9(15)6-11(12)14(16,17)18/h2-7,20H,19H2,1H3. The highest BCUT2D eigenvalue weighted by atomic mass is 35.5. The fourth-order valence-corrected chi connectivity index (χ4v) is 1.95. The zero-order chi connectivity index (χ0) is 14.9. The number of benzene rings is 2. The maximum atomic E-state index is 13.0. The van der Waals surface area contributed by atoms with E-state index < -0.39 is 11.7 Å². The van der Waals surface area contributed by atoms with E-state index >= 15 is 0 Å². The van der Waals surface area contributed by atoms with Gasteiger partial charge < -0.3 is 11.1 Å². The van der Waals surface area contributed by atoms with Crippen molar-refractivity contribution in [1.29, 1.82) is 0 Å². The molecule has 106 valence electrons. The molecule has 0 saturated heterocycles. The van der Waals surface area contributed by atoms with Crippen LogP contribution in [-0.4, -0.2) is 0 Å². The number of alkyl halides is 3. The third-order valence-electron chi connectivity index (χ3n) is 2.82. The first-order valence-corrected chi connectivity index (χ1v) is 6.15. The van der Waals surface area contributed by atoms with Gasteiger partial charge in [0, 0.05) is 16.4 Å². The lowest BCUT2D eigenvalue weighted by Gasteiger charge is -2.16.